The predicted octanol–water partition coefficient (Wildman–Crippen LogP) is 5.75. The molecule has 1 aliphatic heterocycles. The molecule has 0 atom stereocenters. The quantitative estimate of drug-likeness (QED) is 0.644. The lowest BCUT2D eigenvalue weighted by Gasteiger charge is -2.28. The predicted molar refractivity (Wildman–Crippen MR) is 126 cm³/mol. The number of nitrogens with one attached hydrogen (secondary N) is 2. The fourth-order valence-electron chi connectivity index (χ4n) is 3.67. The summed E-state index contributed by atoms with van der Waals surface area (Å²) in [5.74, 6) is 1.14. The number of urea groups is 1. The summed E-state index contributed by atoms with van der Waals surface area (Å²) in [6, 6.07) is 11.0. The number of amides is 3. The van der Waals surface area contributed by atoms with Crippen molar-refractivity contribution in [3.63, 3.8) is 0 Å². The lowest BCUT2D eigenvalue weighted by Crippen LogP contribution is -2.42. The number of rotatable bonds is 5. The van der Waals surface area contributed by atoms with Gasteiger partial charge in [0, 0.05) is 24.0 Å². The highest BCUT2D eigenvalue weighted by molar-refractivity contribution is 6.02. The van der Waals surface area contributed by atoms with Crippen molar-refractivity contribution < 1.29 is 14.3 Å². The number of carbonyl (C=O) groups is 2. The van der Waals surface area contributed by atoms with Gasteiger partial charge in [0.2, 0.25) is 5.91 Å². The van der Waals surface area contributed by atoms with Gasteiger partial charge in [-0.25, -0.2) is 4.79 Å². The van der Waals surface area contributed by atoms with Gasteiger partial charge in [0.25, 0.3) is 0 Å². The van der Waals surface area contributed by atoms with Gasteiger partial charge in [0.15, 0.2) is 0 Å². The molecule has 0 saturated carbocycles. The molecule has 0 radical (unpaired) electrons. The largest absolute Gasteiger partial charge is 0.490 e. The molecule has 0 aliphatic carbocycles. The topological polar surface area (TPSA) is 70.7 Å². The Balaban J connectivity index is 1.80. The molecule has 31 heavy (non-hydrogen) atoms. The van der Waals surface area contributed by atoms with Crippen molar-refractivity contribution in [1.29, 1.82) is 0 Å². The van der Waals surface area contributed by atoms with Gasteiger partial charge in [-0.05, 0) is 75.4 Å². The number of ether oxygens (including phenoxy) is 1. The van der Waals surface area contributed by atoms with E-state index in [4.69, 9.17) is 4.74 Å². The third kappa shape index (κ3) is 5.57. The van der Waals surface area contributed by atoms with Gasteiger partial charge in [-0.1, -0.05) is 19.9 Å². The summed E-state index contributed by atoms with van der Waals surface area (Å²) in [5, 5.41) is 5.73. The molecule has 3 amide bonds. The molecule has 0 bridgehead atoms. The van der Waals surface area contributed by atoms with E-state index in [0.29, 0.717) is 23.9 Å². The first-order valence-electron chi connectivity index (χ1n) is 10.8. The molecule has 166 valence electrons. The van der Waals surface area contributed by atoms with Gasteiger partial charge in [-0.15, -0.1) is 0 Å². The van der Waals surface area contributed by atoms with Crippen LogP contribution in [0.15, 0.2) is 36.4 Å². The summed E-state index contributed by atoms with van der Waals surface area (Å²) in [5.41, 5.74) is 3.65. The Morgan fingerprint density at radius 2 is 1.71 bits per heavy atom. The summed E-state index contributed by atoms with van der Waals surface area (Å²) in [6.45, 7) is 13.0. The Kier molecular flexibility index (Phi) is 6.58. The molecule has 1 heterocycles. The van der Waals surface area contributed by atoms with Crippen LogP contribution in [0.25, 0.3) is 0 Å². The number of anilines is 3. The van der Waals surface area contributed by atoms with E-state index in [2.05, 4.69) is 30.5 Å². The normalized spacial score (nSPS) is 15.2. The van der Waals surface area contributed by atoms with Crippen LogP contribution in [0.2, 0.25) is 0 Å². The molecular formula is C25H33N3O3. The van der Waals surface area contributed by atoms with Crippen LogP contribution in [0, 0.1) is 25.2 Å². The van der Waals surface area contributed by atoms with Gasteiger partial charge in [0.1, 0.15) is 12.4 Å². The number of hydrogen-bond donors (Lipinski definition) is 2. The van der Waals surface area contributed by atoms with Crippen molar-refractivity contribution in [3.05, 3.63) is 47.5 Å². The van der Waals surface area contributed by atoms with Crippen LogP contribution < -0.4 is 20.3 Å². The molecule has 0 fully saturated rings. The van der Waals surface area contributed by atoms with Crippen LogP contribution in [-0.2, 0) is 4.79 Å². The van der Waals surface area contributed by atoms with Crippen LogP contribution in [0.5, 0.6) is 5.75 Å². The molecule has 0 aromatic heterocycles. The van der Waals surface area contributed by atoms with E-state index in [1.807, 2.05) is 50.8 Å². The Bertz CT molecular complexity index is 962. The highest BCUT2D eigenvalue weighted by atomic mass is 16.5. The first-order chi connectivity index (χ1) is 14.5. The summed E-state index contributed by atoms with van der Waals surface area (Å²) < 4.78 is 6.01. The first kappa shape index (κ1) is 22.7. The lowest BCUT2D eigenvalue weighted by molar-refractivity contribution is -0.127. The monoisotopic (exact) mass is 423 g/mol. The highest BCUT2D eigenvalue weighted by Crippen LogP contribution is 2.38. The fourth-order valence-corrected chi connectivity index (χ4v) is 3.67. The van der Waals surface area contributed by atoms with E-state index in [9.17, 15) is 9.59 Å². The van der Waals surface area contributed by atoms with Crippen LogP contribution >= 0.6 is 0 Å². The van der Waals surface area contributed by atoms with Crippen molar-refractivity contribution in [1.82, 2.24) is 0 Å². The van der Waals surface area contributed by atoms with Crippen LogP contribution in [0.1, 0.15) is 45.2 Å². The summed E-state index contributed by atoms with van der Waals surface area (Å²) in [6.07, 6.45) is 0.902. The summed E-state index contributed by atoms with van der Waals surface area (Å²) in [7, 11) is 0. The van der Waals surface area contributed by atoms with E-state index in [1.54, 1.807) is 12.1 Å². The number of aryl methyl sites for hydroxylation is 2. The van der Waals surface area contributed by atoms with Gasteiger partial charge < -0.3 is 20.3 Å². The summed E-state index contributed by atoms with van der Waals surface area (Å²) in [4.78, 5) is 27.5. The van der Waals surface area contributed by atoms with Crippen molar-refractivity contribution >= 4 is 29.0 Å². The van der Waals surface area contributed by atoms with Crippen LogP contribution in [0.3, 0.4) is 0 Å². The highest BCUT2D eigenvalue weighted by Gasteiger charge is 2.37. The second-order valence-corrected chi connectivity index (χ2v) is 9.45. The standard InChI is InChI=1S/C25H33N3O3/c1-16(2)9-10-28-21-8-7-19(14-22(21)31-15-25(5,6)23(28)29)26-24(30)27-20-12-17(3)11-18(4)13-20/h7-8,11-14,16H,9-10,15H2,1-6H3,(H2,26,27,30). The fraction of sp³-hybridized carbons (Fsp3) is 0.440. The minimum atomic E-state index is -0.621. The smallest absolute Gasteiger partial charge is 0.323 e. The second-order valence-electron chi connectivity index (χ2n) is 9.45. The molecule has 0 saturated heterocycles. The van der Waals surface area contributed by atoms with Crippen LogP contribution in [0.4, 0.5) is 21.9 Å². The number of carbonyl (C=O) groups excluding carboxylic acids is 2. The maximum Gasteiger partial charge on any atom is 0.323 e. The maximum absolute atomic E-state index is 13.1. The zero-order valence-electron chi connectivity index (χ0n) is 19.3. The Morgan fingerprint density at radius 1 is 1.06 bits per heavy atom. The summed E-state index contributed by atoms with van der Waals surface area (Å²) >= 11 is 0. The lowest BCUT2D eigenvalue weighted by atomic mass is 9.92. The number of hydrogen-bond acceptors (Lipinski definition) is 3. The number of benzene rings is 2. The van der Waals surface area contributed by atoms with Crippen molar-refractivity contribution in [2.45, 2.75) is 48.0 Å². The van der Waals surface area contributed by atoms with Gasteiger partial charge in [-0.2, -0.15) is 0 Å². The first-order valence-corrected chi connectivity index (χ1v) is 10.8. The van der Waals surface area contributed by atoms with Gasteiger partial charge in [0.05, 0.1) is 11.1 Å². The van der Waals surface area contributed by atoms with E-state index in [0.717, 1.165) is 28.9 Å². The third-order valence-corrected chi connectivity index (χ3v) is 5.33. The van der Waals surface area contributed by atoms with Gasteiger partial charge >= 0.3 is 6.03 Å². The molecule has 2 aromatic carbocycles. The zero-order chi connectivity index (χ0) is 22.8. The van der Waals surface area contributed by atoms with Crippen molar-refractivity contribution in [2.24, 2.45) is 11.3 Å². The molecule has 3 rings (SSSR count). The number of fused-ring (bicyclic) bond motifs is 1. The third-order valence-electron chi connectivity index (χ3n) is 5.33. The molecular weight excluding hydrogens is 390 g/mol. The zero-order valence-corrected chi connectivity index (χ0v) is 19.3. The molecule has 2 N–H and O–H groups in total. The van der Waals surface area contributed by atoms with Crippen molar-refractivity contribution in [3.8, 4) is 5.75 Å². The van der Waals surface area contributed by atoms with E-state index < -0.39 is 5.41 Å². The second kappa shape index (κ2) is 9.00. The van der Waals surface area contributed by atoms with Crippen LogP contribution in [-0.4, -0.2) is 25.1 Å². The Morgan fingerprint density at radius 3 is 2.35 bits per heavy atom. The molecule has 0 unspecified atom stereocenters. The van der Waals surface area contributed by atoms with E-state index in [1.165, 1.54) is 0 Å². The molecule has 6 heteroatoms. The van der Waals surface area contributed by atoms with Crippen molar-refractivity contribution in [2.75, 3.05) is 28.7 Å². The average molecular weight is 424 g/mol. The maximum atomic E-state index is 13.1. The molecule has 0 spiro atoms. The van der Waals surface area contributed by atoms with E-state index in [-0.39, 0.29) is 18.5 Å². The SMILES string of the molecule is Cc1cc(C)cc(NC(=O)Nc2ccc3c(c2)OCC(C)(C)C(=O)N3CCC(C)C)c1. The molecule has 6 nitrogen and oxygen atoms in total. The van der Waals surface area contributed by atoms with Gasteiger partial charge in [-0.3, -0.25) is 4.79 Å². The van der Waals surface area contributed by atoms with E-state index >= 15 is 0 Å². The molecule has 2 aromatic rings. The Hall–Kier alpha value is -3.02. The minimum Gasteiger partial charge on any atom is -0.490 e. The molecule has 1 aliphatic rings. The minimum absolute atomic E-state index is 0.0557. The average Bonchev–Trinajstić information content (AvgIpc) is 2.74. The Labute approximate surface area is 185 Å². The number of nitrogens with zero attached hydrogens (tertiary/aromatic N) is 1.